The molecular formula is C19H23N3O2. The number of nitrogens with zero attached hydrogens (tertiary/aromatic N) is 3. The summed E-state index contributed by atoms with van der Waals surface area (Å²) in [6.07, 6.45) is 8.35. The maximum absolute atomic E-state index is 12.5. The summed E-state index contributed by atoms with van der Waals surface area (Å²) in [5.41, 5.74) is 2.12. The Hall–Kier alpha value is -2.14. The molecule has 5 heteroatoms. The number of hydrogen-bond donors (Lipinski definition) is 0. The standard InChI is InChI=1S/C19H23N3O2/c23-18-6-8-19(7-2-13-24-19)9-12-21(18)15-16-4-1-5-17(14-16)22-11-3-10-20-22/h1,3-5,10-11,14H,2,6-9,12-13,15H2. The second-order valence-electron chi connectivity index (χ2n) is 6.82. The van der Waals surface area contributed by atoms with Crippen molar-refractivity contribution in [3.63, 3.8) is 0 Å². The van der Waals surface area contributed by atoms with Crippen LogP contribution in [0.5, 0.6) is 0 Å². The number of benzene rings is 1. The van der Waals surface area contributed by atoms with Gasteiger partial charge in [0.05, 0.1) is 11.3 Å². The summed E-state index contributed by atoms with van der Waals surface area (Å²) in [4.78, 5) is 14.5. The van der Waals surface area contributed by atoms with Crippen LogP contribution in [0.4, 0.5) is 0 Å². The zero-order valence-corrected chi connectivity index (χ0v) is 13.9. The van der Waals surface area contributed by atoms with E-state index in [1.807, 2.05) is 34.0 Å². The summed E-state index contributed by atoms with van der Waals surface area (Å²) in [6, 6.07) is 10.1. The molecule has 2 fully saturated rings. The number of aromatic nitrogens is 2. The molecule has 3 heterocycles. The van der Waals surface area contributed by atoms with Gasteiger partial charge in [0.15, 0.2) is 0 Å². The van der Waals surface area contributed by atoms with Gasteiger partial charge in [0.2, 0.25) is 5.91 Å². The molecule has 0 N–H and O–H groups in total. The Morgan fingerprint density at radius 1 is 1.21 bits per heavy atom. The first-order valence-electron chi connectivity index (χ1n) is 8.75. The average molecular weight is 325 g/mol. The fraction of sp³-hybridized carbons (Fsp3) is 0.474. The summed E-state index contributed by atoms with van der Waals surface area (Å²) in [7, 11) is 0. The number of amides is 1. The van der Waals surface area contributed by atoms with E-state index in [9.17, 15) is 4.79 Å². The largest absolute Gasteiger partial charge is 0.375 e. The summed E-state index contributed by atoms with van der Waals surface area (Å²) in [5, 5.41) is 4.27. The maximum atomic E-state index is 12.5. The van der Waals surface area contributed by atoms with E-state index in [1.54, 1.807) is 6.20 Å². The molecular weight excluding hydrogens is 302 g/mol. The van der Waals surface area contributed by atoms with Gasteiger partial charge in [-0.05, 0) is 49.4 Å². The first kappa shape index (κ1) is 15.4. The third kappa shape index (κ3) is 3.08. The highest BCUT2D eigenvalue weighted by molar-refractivity contribution is 5.76. The second kappa shape index (κ2) is 6.40. The van der Waals surface area contributed by atoms with Crippen LogP contribution in [-0.2, 0) is 16.1 Å². The van der Waals surface area contributed by atoms with Crippen LogP contribution < -0.4 is 0 Å². The van der Waals surface area contributed by atoms with Crippen LogP contribution in [0, 0.1) is 0 Å². The van der Waals surface area contributed by atoms with Crippen molar-refractivity contribution in [2.45, 2.75) is 44.2 Å². The zero-order chi connectivity index (χ0) is 16.4. The van der Waals surface area contributed by atoms with Crippen molar-refractivity contribution in [2.24, 2.45) is 0 Å². The molecule has 2 aromatic rings. The van der Waals surface area contributed by atoms with Crippen molar-refractivity contribution in [2.75, 3.05) is 13.2 Å². The van der Waals surface area contributed by atoms with Gasteiger partial charge in [0, 0.05) is 38.5 Å². The summed E-state index contributed by atoms with van der Waals surface area (Å²) in [5.74, 6) is 0.242. The van der Waals surface area contributed by atoms with Crippen molar-refractivity contribution in [3.05, 3.63) is 48.3 Å². The van der Waals surface area contributed by atoms with Gasteiger partial charge in [0.25, 0.3) is 0 Å². The lowest BCUT2D eigenvalue weighted by Crippen LogP contribution is -2.32. The normalized spacial score (nSPS) is 24.5. The van der Waals surface area contributed by atoms with Gasteiger partial charge in [-0.3, -0.25) is 4.79 Å². The lowest BCUT2D eigenvalue weighted by molar-refractivity contribution is -0.131. The minimum atomic E-state index is -0.0404. The molecule has 1 aromatic heterocycles. The van der Waals surface area contributed by atoms with E-state index in [0.717, 1.165) is 50.1 Å². The van der Waals surface area contributed by atoms with E-state index in [4.69, 9.17) is 4.74 Å². The van der Waals surface area contributed by atoms with E-state index in [1.165, 1.54) is 0 Å². The van der Waals surface area contributed by atoms with E-state index in [-0.39, 0.29) is 11.5 Å². The predicted molar refractivity (Wildman–Crippen MR) is 90.7 cm³/mol. The van der Waals surface area contributed by atoms with Crippen LogP contribution in [0.2, 0.25) is 0 Å². The summed E-state index contributed by atoms with van der Waals surface area (Å²) >= 11 is 0. The molecule has 2 saturated heterocycles. The first-order valence-corrected chi connectivity index (χ1v) is 8.75. The molecule has 2 aliphatic rings. The maximum Gasteiger partial charge on any atom is 0.222 e. The first-order chi connectivity index (χ1) is 11.7. The fourth-order valence-electron chi connectivity index (χ4n) is 3.84. The van der Waals surface area contributed by atoms with Crippen molar-refractivity contribution < 1.29 is 9.53 Å². The van der Waals surface area contributed by atoms with Crippen molar-refractivity contribution >= 4 is 5.91 Å². The van der Waals surface area contributed by atoms with Crippen LogP contribution in [0.15, 0.2) is 42.7 Å². The minimum Gasteiger partial charge on any atom is -0.375 e. The Bertz CT molecular complexity index is 705. The van der Waals surface area contributed by atoms with Crippen LogP contribution >= 0.6 is 0 Å². The molecule has 126 valence electrons. The van der Waals surface area contributed by atoms with Gasteiger partial charge in [-0.1, -0.05) is 12.1 Å². The highest BCUT2D eigenvalue weighted by Gasteiger charge is 2.38. The summed E-state index contributed by atoms with van der Waals surface area (Å²) < 4.78 is 7.83. The van der Waals surface area contributed by atoms with Gasteiger partial charge in [0.1, 0.15) is 0 Å². The molecule has 1 unspecified atom stereocenters. The molecule has 0 saturated carbocycles. The lowest BCUT2D eigenvalue weighted by atomic mass is 9.92. The van der Waals surface area contributed by atoms with E-state index < -0.39 is 0 Å². The van der Waals surface area contributed by atoms with Crippen LogP contribution in [0.1, 0.15) is 37.7 Å². The van der Waals surface area contributed by atoms with Crippen molar-refractivity contribution in [3.8, 4) is 5.69 Å². The molecule has 0 aliphatic carbocycles. The van der Waals surface area contributed by atoms with Crippen LogP contribution in [-0.4, -0.2) is 39.3 Å². The zero-order valence-electron chi connectivity index (χ0n) is 13.9. The van der Waals surface area contributed by atoms with E-state index in [0.29, 0.717) is 13.0 Å². The lowest BCUT2D eigenvalue weighted by Gasteiger charge is -2.26. The highest BCUT2D eigenvalue weighted by atomic mass is 16.5. The van der Waals surface area contributed by atoms with Crippen molar-refractivity contribution in [1.82, 2.24) is 14.7 Å². The van der Waals surface area contributed by atoms with Crippen LogP contribution in [0.3, 0.4) is 0 Å². The second-order valence-corrected chi connectivity index (χ2v) is 6.82. The molecule has 1 spiro atoms. The third-order valence-corrected chi connectivity index (χ3v) is 5.22. The van der Waals surface area contributed by atoms with E-state index in [2.05, 4.69) is 17.2 Å². The molecule has 0 bridgehead atoms. The van der Waals surface area contributed by atoms with Gasteiger partial charge in [-0.15, -0.1) is 0 Å². The quantitative estimate of drug-likeness (QED) is 0.872. The molecule has 5 nitrogen and oxygen atoms in total. The molecule has 1 atom stereocenters. The average Bonchev–Trinajstić information content (AvgIpc) is 3.26. The predicted octanol–water partition coefficient (Wildman–Crippen LogP) is 2.93. The summed E-state index contributed by atoms with van der Waals surface area (Å²) in [6.45, 7) is 2.29. The van der Waals surface area contributed by atoms with Gasteiger partial charge in [-0.2, -0.15) is 5.10 Å². The monoisotopic (exact) mass is 325 g/mol. The molecule has 1 amide bonds. The number of ether oxygens (including phenoxy) is 1. The highest BCUT2D eigenvalue weighted by Crippen LogP contribution is 2.36. The van der Waals surface area contributed by atoms with Gasteiger partial charge < -0.3 is 9.64 Å². The Morgan fingerprint density at radius 2 is 2.17 bits per heavy atom. The molecule has 24 heavy (non-hydrogen) atoms. The minimum absolute atomic E-state index is 0.0404. The fourth-order valence-corrected chi connectivity index (χ4v) is 3.84. The number of carbonyl (C=O) groups is 1. The van der Waals surface area contributed by atoms with Gasteiger partial charge in [-0.25, -0.2) is 4.68 Å². The van der Waals surface area contributed by atoms with E-state index >= 15 is 0 Å². The SMILES string of the molecule is O=C1CCC2(CCCO2)CCN1Cc1cccc(-n2cccn2)c1. The molecule has 1 aromatic carbocycles. The Labute approximate surface area is 142 Å². The smallest absolute Gasteiger partial charge is 0.222 e. The topological polar surface area (TPSA) is 47.4 Å². The number of hydrogen-bond acceptors (Lipinski definition) is 3. The molecule has 0 radical (unpaired) electrons. The number of likely N-dealkylation sites (tertiary alicyclic amines) is 1. The Kier molecular flexibility index (Phi) is 4.10. The molecule has 2 aliphatic heterocycles. The Balaban J connectivity index is 1.48. The Morgan fingerprint density at radius 3 is 2.96 bits per heavy atom. The molecule has 4 rings (SSSR count). The number of carbonyl (C=O) groups excluding carboxylic acids is 1. The number of rotatable bonds is 3. The van der Waals surface area contributed by atoms with Crippen LogP contribution in [0.25, 0.3) is 5.69 Å². The van der Waals surface area contributed by atoms with Crippen molar-refractivity contribution in [1.29, 1.82) is 0 Å². The van der Waals surface area contributed by atoms with Gasteiger partial charge >= 0.3 is 0 Å². The third-order valence-electron chi connectivity index (χ3n) is 5.22.